The zero-order chi connectivity index (χ0) is 15.2. The topological polar surface area (TPSA) is 32.5 Å². The van der Waals surface area contributed by atoms with Gasteiger partial charge in [-0.3, -0.25) is 4.90 Å². The second kappa shape index (κ2) is 7.92. The van der Waals surface area contributed by atoms with E-state index in [0.717, 1.165) is 19.5 Å². The molecule has 0 spiro atoms. The molecule has 3 heteroatoms. The van der Waals surface area contributed by atoms with Crippen LogP contribution in [-0.4, -0.2) is 55.6 Å². The molecule has 3 unspecified atom stereocenters. The maximum atomic E-state index is 6.12. The van der Waals surface area contributed by atoms with Crippen molar-refractivity contribution in [2.75, 3.05) is 33.7 Å². The quantitative estimate of drug-likeness (QED) is 0.837. The first kappa shape index (κ1) is 16.5. The Kier molecular flexibility index (Phi) is 6.22. The molecule has 0 radical (unpaired) electrons. The molecule has 0 bridgehead atoms. The standard InChI is InChI=1S/C18H31N3/c1-15(16-8-5-4-6-9-16)12-18(13-19)21-11-7-10-17(21)14-20(2)3/h4-6,8-9,15,17-18H,7,10-14,19H2,1-3H3. The zero-order valence-corrected chi connectivity index (χ0v) is 13.8. The molecule has 1 heterocycles. The molecule has 3 nitrogen and oxygen atoms in total. The summed E-state index contributed by atoms with van der Waals surface area (Å²) >= 11 is 0. The highest BCUT2D eigenvalue weighted by atomic mass is 15.2. The largest absolute Gasteiger partial charge is 0.329 e. The Hall–Kier alpha value is -0.900. The van der Waals surface area contributed by atoms with Crippen molar-refractivity contribution < 1.29 is 0 Å². The van der Waals surface area contributed by atoms with Crippen molar-refractivity contribution in [1.29, 1.82) is 0 Å². The molecule has 2 rings (SSSR count). The molecule has 118 valence electrons. The van der Waals surface area contributed by atoms with E-state index in [1.807, 2.05) is 0 Å². The summed E-state index contributed by atoms with van der Waals surface area (Å²) in [4.78, 5) is 4.97. The minimum Gasteiger partial charge on any atom is -0.329 e. The first-order valence-electron chi connectivity index (χ1n) is 8.27. The van der Waals surface area contributed by atoms with Crippen LogP contribution in [0.15, 0.2) is 30.3 Å². The highest BCUT2D eigenvalue weighted by Crippen LogP contribution is 2.27. The number of likely N-dealkylation sites (N-methyl/N-ethyl adjacent to an activating group) is 1. The first-order chi connectivity index (χ1) is 10.1. The first-order valence-corrected chi connectivity index (χ1v) is 8.27. The van der Waals surface area contributed by atoms with E-state index >= 15 is 0 Å². The Morgan fingerprint density at radius 1 is 1.29 bits per heavy atom. The number of hydrogen-bond acceptors (Lipinski definition) is 3. The normalized spacial score (nSPS) is 22.6. The average molecular weight is 289 g/mol. The predicted octanol–water partition coefficient (Wildman–Crippen LogP) is 2.53. The molecule has 1 aromatic rings. The molecule has 21 heavy (non-hydrogen) atoms. The molecule has 0 amide bonds. The number of nitrogens with two attached hydrogens (primary N) is 1. The van der Waals surface area contributed by atoms with Crippen LogP contribution in [0, 0.1) is 0 Å². The molecule has 0 aromatic heterocycles. The third-order valence-corrected chi connectivity index (χ3v) is 4.73. The number of rotatable bonds is 7. The summed E-state index contributed by atoms with van der Waals surface area (Å²) in [6.07, 6.45) is 3.79. The third kappa shape index (κ3) is 4.53. The third-order valence-electron chi connectivity index (χ3n) is 4.73. The molecule has 1 aliphatic heterocycles. The highest BCUT2D eigenvalue weighted by Gasteiger charge is 2.31. The van der Waals surface area contributed by atoms with E-state index in [4.69, 9.17) is 5.73 Å². The molecule has 2 N–H and O–H groups in total. The van der Waals surface area contributed by atoms with E-state index < -0.39 is 0 Å². The molecule has 0 saturated carbocycles. The van der Waals surface area contributed by atoms with Gasteiger partial charge in [0.1, 0.15) is 0 Å². The van der Waals surface area contributed by atoms with E-state index in [2.05, 4.69) is 61.2 Å². The maximum Gasteiger partial charge on any atom is 0.0227 e. The lowest BCUT2D eigenvalue weighted by Gasteiger charge is -2.35. The lowest BCUT2D eigenvalue weighted by Crippen LogP contribution is -2.47. The van der Waals surface area contributed by atoms with E-state index in [9.17, 15) is 0 Å². The summed E-state index contributed by atoms with van der Waals surface area (Å²) in [5.41, 5.74) is 7.55. The van der Waals surface area contributed by atoms with Gasteiger partial charge in [-0.2, -0.15) is 0 Å². The van der Waals surface area contributed by atoms with Crippen LogP contribution >= 0.6 is 0 Å². The van der Waals surface area contributed by atoms with Crippen LogP contribution in [0.5, 0.6) is 0 Å². The van der Waals surface area contributed by atoms with Crippen molar-refractivity contribution in [3.63, 3.8) is 0 Å². The summed E-state index contributed by atoms with van der Waals surface area (Å²) < 4.78 is 0. The van der Waals surface area contributed by atoms with Crippen LogP contribution in [-0.2, 0) is 0 Å². The molecule has 1 aliphatic rings. The number of benzene rings is 1. The summed E-state index contributed by atoms with van der Waals surface area (Å²) in [5, 5.41) is 0. The van der Waals surface area contributed by atoms with E-state index in [1.165, 1.54) is 24.9 Å². The van der Waals surface area contributed by atoms with Crippen LogP contribution < -0.4 is 5.73 Å². The van der Waals surface area contributed by atoms with Gasteiger partial charge in [0, 0.05) is 25.2 Å². The molecule has 3 atom stereocenters. The van der Waals surface area contributed by atoms with Crippen molar-refractivity contribution >= 4 is 0 Å². The molecule has 1 aromatic carbocycles. The van der Waals surface area contributed by atoms with Crippen molar-refractivity contribution in [1.82, 2.24) is 9.80 Å². The minimum atomic E-state index is 0.507. The molecule has 1 saturated heterocycles. The fraction of sp³-hybridized carbons (Fsp3) is 0.667. The Morgan fingerprint density at radius 2 is 2.00 bits per heavy atom. The van der Waals surface area contributed by atoms with Crippen LogP contribution in [0.4, 0.5) is 0 Å². The number of nitrogens with zero attached hydrogens (tertiary/aromatic N) is 2. The van der Waals surface area contributed by atoms with Gasteiger partial charge in [-0.25, -0.2) is 0 Å². The van der Waals surface area contributed by atoms with E-state index in [1.54, 1.807) is 0 Å². The van der Waals surface area contributed by atoms with Gasteiger partial charge in [0.05, 0.1) is 0 Å². The van der Waals surface area contributed by atoms with E-state index in [0.29, 0.717) is 18.0 Å². The van der Waals surface area contributed by atoms with Crippen molar-refractivity contribution in [2.45, 2.75) is 44.2 Å². The lowest BCUT2D eigenvalue weighted by atomic mass is 9.93. The Morgan fingerprint density at radius 3 is 2.62 bits per heavy atom. The van der Waals surface area contributed by atoms with Gasteiger partial charge in [0.15, 0.2) is 0 Å². The second-order valence-corrected chi connectivity index (χ2v) is 6.73. The maximum absolute atomic E-state index is 6.12. The monoisotopic (exact) mass is 289 g/mol. The summed E-state index contributed by atoms with van der Waals surface area (Å²) in [5.74, 6) is 0.570. The SMILES string of the molecule is CC(CC(CN)N1CCCC1CN(C)C)c1ccccc1. The average Bonchev–Trinajstić information content (AvgIpc) is 2.92. The van der Waals surface area contributed by atoms with Crippen LogP contribution in [0.2, 0.25) is 0 Å². The van der Waals surface area contributed by atoms with Crippen LogP contribution in [0.3, 0.4) is 0 Å². The van der Waals surface area contributed by atoms with Gasteiger partial charge in [-0.15, -0.1) is 0 Å². The van der Waals surface area contributed by atoms with Crippen molar-refractivity contribution in [3.8, 4) is 0 Å². The van der Waals surface area contributed by atoms with Crippen LogP contribution in [0.25, 0.3) is 0 Å². The Labute approximate surface area is 130 Å². The summed E-state index contributed by atoms with van der Waals surface area (Å²) in [7, 11) is 4.33. The second-order valence-electron chi connectivity index (χ2n) is 6.73. The van der Waals surface area contributed by atoms with E-state index in [-0.39, 0.29) is 0 Å². The zero-order valence-electron chi connectivity index (χ0n) is 13.8. The molecule has 0 aliphatic carbocycles. The van der Waals surface area contributed by atoms with Crippen molar-refractivity contribution in [2.24, 2.45) is 5.73 Å². The van der Waals surface area contributed by atoms with Gasteiger partial charge in [-0.05, 0) is 51.4 Å². The summed E-state index contributed by atoms with van der Waals surface area (Å²) in [6.45, 7) is 5.45. The lowest BCUT2D eigenvalue weighted by molar-refractivity contribution is 0.144. The fourth-order valence-electron chi connectivity index (χ4n) is 3.65. The highest BCUT2D eigenvalue weighted by molar-refractivity contribution is 5.19. The Bertz CT molecular complexity index is 404. The van der Waals surface area contributed by atoms with Crippen molar-refractivity contribution in [3.05, 3.63) is 35.9 Å². The fourth-order valence-corrected chi connectivity index (χ4v) is 3.65. The Balaban J connectivity index is 1.98. The van der Waals surface area contributed by atoms with Gasteiger partial charge < -0.3 is 10.6 Å². The van der Waals surface area contributed by atoms with Gasteiger partial charge >= 0.3 is 0 Å². The summed E-state index contributed by atoms with van der Waals surface area (Å²) in [6, 6.07) is 12.0. The van der Waals surface area contributed by atoms with Crippen LogP contribution in [0.1, 0.15) is 37.7 Å². The van der Waals surface area contributed by atoms with Gasteiger partial charge in [0.2, 0.25) is 0 Å². The molecular formula is C18H31N3. The predicted molar refractivity (Wildman–Crippen MR) is 90.6 cm³/mol. The van der Waals surface area contributed by atoms with Gasteiger partial charge in [0.25, 0.3) is 0 Å². The number of likely N-dealkylation sites (tertiary alicyclic amines) is 1. The van der Waals surface area contributed by atoms with Gasteiger partial charge in [-0.1, -0.05) is 37.3 Å². The smallest absolute Gasteiger partial charge is 0.0227 e. The minimum absolute atomic E-state index is 0.507. The number of hydrogen-bond donors (Lipinski definition) is 1. The molecule has 1 fully saturated rings. The molecular weight excluding hydrogens is 258 g/mol.